The lowest BCUT2D eigenvalue weighted by Crippen LogP contribution is -2.41. The highest BCUT2D eigenvalue weighted by molar-refractivity contribution is 5.79. The van der Waals surface area contributed by atoms with Crippen molar-refractivity contribution < 1.29 is 4.74 Å². The highest BCUT2D eigenvalue weighted by Crippen LogP contribution is 2.27. The molecule has 0 spiro atoms. The van der Waals surface area contributed by atoms with Gasteiger partial charge in [0, 0.05) is 48.1 Å². The Balaban J connectivity index is 1.41. The van der Waals surface area contributed by atoms with Crippen molar-refractivity contribution in [2.24, 2.45) is 0 Å². The summed E-state index contributed by atoms with van der Waals surface area (Å²) < 4.78 is 9.45. The van der Waals surface area contributed by atoms with E-state index in [-0.39, 0.29) is 0 Å². The molecule has 4 aromatic rings. The number of nitrogens with one attached hydrogen (secondary N) is 1. The van der Waals surface area contributed by atoms with Gasteiger partial charge in [0.05, 0.1) is 24.0 Å². The van der Waals surface area contributed by atoms with Gasteiger partial charge in [-0.05, 0) is 32.8 Å². The van der Waals surface area contributed by atoms with Gasteiger partial charge in [-0.2, -0.15) is 0 Å². The summed E-state index contributed by atoms with van der Waals surface area (Å²) in [6.07, 6.45) is 11.9. The van der Waals surface area contributed by atoms with Crippen molar-refractivity contribution in [2.75, 3.05) is 11.9 Å². The van der Waals surface area contributed by atoms with Crippen LogP contribution in [0, 0.1) is 6.92 Å². The van der Waals surface area contributed by atoms with Crippen LogP contribution in [0.25, 0.3) is 22.4 Å². The van der Waals surface area contributed by atoms with Crippen LogP contribution < -0.4 is 5.32 Å². The van der Waals surface area contributed by atoms with Crippen LogP contribution in [0.1, 0.15) is 25.5 Å². The molecular weight excluding hydrogens is 342 g/mol. The van der Waals surface area contributed by atoms with E-state index >= 15 is 0 Å². The van der Waals surface area contributed by atoms with Gasteiger partial charge < -0.3 is 10.1 Å². The fourth-order valence-electron chi connectivity index (χ4n) is 3.58. The second kappa shape index (κ2) is 6.31. The molecule has 0 atom stereocenters. The molecule has 1 aliphatic carbocycles. The van der Waals surface area contributed by atoms with Crippen LogP contribution in [0.3, 0.4) is 0 Å². The van der Waals surface area contributed by atoms with Crippen LogP contribution in [-0.2, 0) is 4.74 Å². The molecule has 4 aromatic heterocycles. The summed E-state index contributed by atoms with van der Waals surface area (Å²) in [6.45, 7) is 4.81. The van der Waals surface area contributed by atoms with E-state index in [0.717, 1.165) is 41.8 Å². The van der Waals surface area contributed by atoms with Crippen LogP contribution in [0.2, 0.25) is 0 Å². The first-order chi connectivity index (χ1) is 13.2. The Hall–Kier alpha value is -3.00. The Kier molecular flexibility index (Phi) is 3.78. The van der Waals surface area contributed by atoms with Crippen molar-refractivity contribution in [3.8, 4) is 11.1 Å². The van der Waals surface area contributed by atoms with Crippen molar-refractivity contribution in [3.05, 3.63) is 42.7 Å². The molecule has 0 aromatic carbocycles. The Bertz CT molecular complexity index is 1110. The average Bonchev–Trinajstić information content (AvgIpc) is 3.23. The largest absolute Gasteiger partial charge is 0.378 e. The number of anilines is 1. The van der Waals surface area contributed by atoms with Gasteiger partial charge >= 0.3 is 0 Å². The highest BCUT2D eigenvalue weighted by Gasteiger charge is 2.30. The molecule has 1 fully saturated rings. The van der Waals surface area contributed by atoms with Gasteiger partial charge in [0.2, 0.25) is 11.7 Å². The Morgan fingerprint density at radius 2 is 2.04 bits per heavy atom. The van der Waals surface area contributed by atoms with Crippen LogP contribution in [-0.4, -0.2) is 47.7 Å². The third kappa shape index (κ3) is 2.82. The molecule has 0 unspecified atom stereocenters. The second-order valence-corrected chi connectivity index (χ2v) is 6.94. The van der Waals surface area contributed by atoms with Crippen molar-refractivity contribution in [1.29, 1.82) is 0 Å². The molecule has 0 aliphatic heterocycles. The van der Waals surface area contributed by atoms with E-state index < -0.39 is 0 Å². The number of fused-ring (bicyclic) bond motifs is 2. The van der Waals surface area contributed by atoms with Gasteiger partial charge in [-0.1, -0.05) is 0 Å². The van der Waals surface area contributed by atoms with Crippen molar-refractivity contribution >= 4 is 17.2 Å². The first-order valence-electron chi connectivity index (χ1n) is 9.24. The minimum atomic E-state index is 0.364. The maximum Gasteiger partial charge on any atom is 0.241 e. The molecule has 1 saturated carbocycles. The fourth-order valence-corrected chi connectivity index (χ4v) is 3.58. The van der Waals surface area contributed by atoms with E-state index in [2.05, 4.69) is 25.4 Å². The zero-order chi connectivity index (χ0) is 18.4. The number of aryl methyl sites for hydroxylation is 1. The molecule has 0 amide bonds. The predicted octanol–water partition coefficient (Wildman–Crippen LogP) is 2.73. The molecule has 0 saturated heterocycles. The Morgan fingerprint density at radius 1 is 1.19 bits per heavy atom. The summed E-state index contributed by atoms with van der Waals surface area (Å²) in [7, 11) is 0. The summed E-state index contributed by atoms with van der Waals surface area (Å²) in [5.41, 5.74) is 4.05. The second-order valence-electron chi connectivity index (χ2n) is 6.94. The number of ether oxygens (including phenoxy) is 1. The molecular formula is C19H21N7O. The Labute approximate surface area is 156 Å². The van der Waals surface area contributed by atoms with Crippen molar-refractivity contribution in [2.45, 2.75) is 38.8 Å². The number of aromatic nitrogens is 6. The topological polar surface area (TPSA) is 81.6 Å². The molecule has 27 heavy (non-hydrogen) atoms. The fraction of sp³-hybridized carbons (Fsp3) is 0.368. The van der Waals surface area contributed by atoms with Gasteiger partial charge in [-0.3, -0.25) is 4.40 Å². The third-order valence-electron chi connectivity index (χ3n) is 5.11. The Morgan fingerprint density at radius 3 is 2.89 bits per heavy atom. The predicted molar refractivity (Wildman–Crippen MR) is 102 cm³/mol. The summed E-state index contributed by atoms with van der Waals surface area (Å²) in [6, 6.07) is 2.42. The standard InChI is InChI=1S/C19H21N7O/c1-3-27-15-6-14(7-15)23-18-20-10-17-16(4-5-26(17)24-18)13-9-22-19-21-8-12(2)25(19)11-13/h4-5,8-11,14-15H,3,6-7H2,1-2H3,(H,23,24)/t14-,15-. The van der Waals surface area contributed by atoms with E-state index in [1.165, 1.54) is 0 Å². The van der Waals surface area contributed by atoms with E-state index in [1.807, 2.05) is 59.8 Å². The van der Waals surface area contributed by atoms with Crippen molar-refractivity contribution in [1.82, 2.24) is 29.0 Å². The van der Waals surface area contributed by atoms with E-state index in [4.69, 9.17) is 4.74 Å². The summed E-state index contributed by atoms with van der Waals surface area (Å²) >= 11 is 0. The number of hydrogen-bond acceptors (Lipinski definition) is 6. The van der Waals surface area contributed by atoms with Gasteiger partial charge in [-0.25, -0.2) is 19.5 Å². The minimum absolute atomic E-state index is 0.364. The normalized spacial score (nSPS) is 19.5. The van der Waals surface area contributed by atoms with Gasteiger partial charge in [-0.15, -0.1) is 5.10 Å². The van der Waals surface area contributed by atoms with Crippen LogP contribution >= 0.6 is 0 Å². The maximum atomic E-state index is 5.60. The quantitative estimate of drug-likeness (QED) is 0.587. The lowest BCUT2D eigenvalue weighted by Gasteiger charge is -2.35. The van der Waals surface area contributed by atoms with Crippen LogP contribution in [0.4, 0.5) is 5.95 Å². The molecule has 1 aliphatic rings. The van der Waals surface area contributed by atoms with Crippen LogP contribution in [0.15, 0.2) is 37.1 Å². The lowest BCUT2D eigenvalue weighted by molar-refractivity contribution is 0.00283. The van der Waals surface area contributed by atoms with Gasteiger partial charge in [0.1, 0.15) is 0 Å². The highest BCUT2D eigenvalue weighted by atomic mass is 16.5. The zero-order valence-corrected chi connectivity index (χ0v) is 15.3. The maximum absolute atomic E-state index is 5.60. The SMILES string of the molecule is CCO[C@H]1C[C@H](Nc2ncc3c(-c4cnc5ncc(C)n5c4)ccn3n2)C1. The summed E-state index contributed by atoms with van der Waals surface area (Å²) in [5.74, 6) is 1.34. The smallest absolute Gasteiger partial charge is 0.241 e. The third-order valence-corrected chi connectivity index (χ3v) is 5.11. The summed E-state index contributed by atoms with van der Waals surface area (Å²) in [5, 5.41) is 7.99. The molecule has 1 N–H and O–H groups in total. The lowest BCUT2D eigenvalue weighted by atomic mass is 9.89. The molecule has 138 valence electrons. The first kappa shape index (κ1) is 16.2. The van der Waals surface area contributed by atoms with E-state index in [1.54, 1.807) is 0 Å². The molecule has 0 radical (unpaired) electrons. The molecule has 8 nitrogen and oxygen atoms in total. The molecule has 8 heteroatoms. The molecule has 5 rings (SSSR count). The number of nitrogens with zero attached hydrogens (tertiary/aromatic N) is 6. The van der Waals surface area contributed by atoms with E-state index in [9.17, 15) is 0 Å². The number of rotatable bonds is 5. The van der Waals surface area contributed by atoms with Crippen molar-refractivity contribution in [3.63, 3.8) is 0 Å². The molecule has 4 heterocycles. The molecule has 0 bridgehead atoms. The minimum Gasteiger partial charge on any atom is -0.378 e. The van der Waals surface area contributed by atoms with Crippen LogP contribution in [0.5, 0.6) is 0 Å². The number of hydrogen-bond donors (Lipinski definition) is 1. The van der Waals surface area contributed by atoms with Gasteiger partial charge in [0.25, 0.3) is 0 Å². The zero-order valence-electron chi connectivity index (χ0n) is 15.3. The number of imidazole rings is 1. The van der Waals surface area contributed by atoms with E-state index in [0.29, 0.717) is 23.9 Å². The first-order valence-corrected chi connectivity index (χ1v) is 9.24. The monoisotopic (exact) mass is 363 g/mol. The average molecular weight is 363 g/mol. The summed E-state index contributed by atoms with van der Waals surface area (Å²) in [4.78, 5) is 13.2. The van der Waals surface area contributed by atoms with Gasteiger partial charge in [0.15, 0.2) is 0 Å².